The van der Waals surface area contributed by atoms with E-state index in [0.29, 0.717) is 45.6 Å². The molecule has 1 aromatic heterocycles. The molecule has 0 spiro atoms. The molecule has 0 fully saturated rings. The van der Waals surface area contributed by atoms with E-state index in [1.165, 1.54) is 31.5 Å². The van der Waals surface area contributed by atoms with Gasteiger partial charge in [0.1, 0.15) is 0 Å². The first-order valence-corrected chi connectivity index (χ1v) is 11.6. The van der Waals surface area contributed by atoms with Crippen LogP contribution in [0.1, 0.15) is 24.2 Å². The van der Waals surface area contributed by atoms with Crippen LogP contribution in [0.25, 0.3) is 10.2 Å². The van der Waals surface area contributed by atoms with Crippen molar-refractivity contribution >= 4 is 42.6 Å². The van der Waals surface area contributed by atoms with E-state index in [1.807, 2.05) is 13.8 Å². The third-order valence-corrected chi connectivity index (χ3v) is 6.91. The second kappa shape index (κ2) is 8.99. The molecule has 0 unspecified atom stereocenters. The molecule has 0 aliphatic rings. The van der Waals surface area contributed by atoms with Crippen molar-refractivity contribution in [3.8, 4) is 11.5 Å². The van der Waals surface area contributed by atoms with Crippen LogP contribution in [0.4, 0.5) is 5.13 Å². The fourth-order valence-corrected chi connectivity index (χ4v) is 4.59. The Morgan fingerprint density at radius 3 is 2.43 bits per heavy atom. The Morgan fingerprint density at radius 2 is 1.77 bits per heavy atom. The lowest BCUT2D eigenvalue weighted by Crippen LogP contribution is -2.22. The minimum Gasteiger partial charge on any atom is -0.490 e. The zero-order valence-corrected chi connectivity index (χ0v) is 18.8. The van der Waals surface area contributed by atoms with Crippen LogP contribution in [0.2, 0.25) is 0 Å². The van der Waals surface area contributed by atoms with Gasteiger partial charge in [0.15, 0.2) is 16.6 Å². The molecule has 0 saturated carbocycles. The SMILES string of the molecule is CCOc1ccc(C(=O)Nc2nc3ccc(S(=O)(=O)N(C)C)cc3s2)cc1OCC. The van der Waals surface area contributed by atoms with Crippen LogP contribution in [0, 0.1) is 0 Å². The number of nitrogens with one attached hydrogen (secondary N) is 1. The quantitative estimate of drug-likeness (QED) is 0.564. The molecule has 0 bridgehead atoms. The summed E-state index contributed by atoms with van der Waals surface area (Å²) in [6.07, 6.45) is 0. The Labute approximate surface area is 179 Å². The molecule has 10 heteroatoms. The van der Waals surface area contributed by atoms with Crippen LogP contribution in [0.5, 0.6) is 11.5 Å². The molecule has 2 aromatic carbocycles. The van der Waals surface area contributed by atoms with Gasteiger partial charge in [-0.25, -0.2) is 17.7 Å². The predicted octanol–water partition coefficient (Wildman–Crippen LogP) is 3.60. The van der Waals surface area contributed by atoms with Crippen molar-refractivity contribution in [3.05, 3.63) is 42.0 Å². The Hall–Kier alpha value is -2.69. The number of ether oxygens (including phenoxy) is 2. The third kappa shape index (κ3) is 4.55. The number of anilines is 1. The van der Waals surface area contributed by atoms with Gasteiger partial charge in [0.2, 0.25) is 10.0 Å². The van der Waals surface area contributed by atoms with E-state index in [-0.39, 0.29) is 10.8 Å². The van der Waals surface area contributed by atoms with Crippen LogP contribution >= 0.6 is 11.3 Å². The Morgan fingerprint density at radius 1 is 1.07 bits per heavy atom. The molecule has 3 aromatic rings. The molecule has 1 N–H and O–H groups in total. The number of carbonyl (C=O) groups excluding carboxylic acids is 1. The van der Waals surface area contributed by atoms with Crippen molar-refractivity contribution in [2.24, 2.45) is 0 Å². The van der Waals surface area contributed by atoms with E-state index in [0.717, 1.165) is 4.31 Å². The first-order chi connectivity index (χ1) is 14.3. The van der Waals surface area contributed by atoms with Gasteiger partial charge in [-0.3, -0.25) is 10.1 Å². The number of benzene rings is 2. The summed E-state index contributed by atoms with van der Waals surface area (Å²) in [5.74, 6) is 0.722. The van der Waals surface area contributed by atoms with Crippen molar-refractivity contribution < 1.29 is 22.7 Å². The van der Waals surface area contributed by atoms with Gasteiger partial charge in [-0.15, -0.1) is 0 Å². The largest absolute Gasteiger partial charge is 0.490 e. The number of carbonyl (C=O) groups is 1. The minimum atomic E-state index is -3.55. The van der Waals surface area contributed by atoms with Crippen molar-refractivity contribution in [1.29, 1.82) is 0 Å². The molecule has 0 saturated heterocycles. The number of fused-ring (bicyclic) bond motifs is 1. The molecule has 8 nitrogen and oxygen atoms in total. The fourth-order valence-electron chi connectivity index (χ4n) is 2.69. The summed E-state index contributed by atoms with van der Waals surface area (Å²) >= 11 is 1.21. The molecular formula is C20H23N3O5S2. The zero-order chi connectivity index (χ0) is 21.9. The monoisotopic (exact) mass is 449 g/mol. The second-order valence-electron chi connectivity index (χ2n) is 6.42. The molecule has 0 atom stereocenters. The number of hydrogen-bond acceptors (Lipinski definition) is 7. The van der Waals surface area contributed by atoms with E-state index in [1.54, 1.807) is 30.3 Å². The second-order valence-corrected chi connectivity index (χ2v) is 9.60. The Bertz CT molecular complexity index is 1170. The summed E-state index contributed by atoms with van der Waals surface area (Å²) in [4.78, 5) is 17.2. The van der Waals surface area contributed by atoms with E-state index >= 15 is 0 Å². The predicted molar refractivity (Wildman–Crippen MR) is 117 cm³/mol. The van der Waals surface area contributed by atoms with Gasteiger partial charge in [-0.05, 0) is 50.2 Å². The maximum atomic E-state index is 12.7. The van der Waals surface area contributed by atoms with Gasteiger partial charge >= 0.3 is 0 Å². The fraction of sp³-hybridized carbons (Fsp3) is 0.300. The van der Waals surface area contributed by atoms with Crippen LogP contribution in [0.15, 0.2) is 41.3 Å². The van der Waals surface area contributed by atoms with Crippen molar-refractivity contribution in [3.63, 3.8) is 0 Å². The smallest absolute Gasteiger partial charge is 0.257 e. The van der Waals surface area contributed by atoms with Crippen molar-refractivity contribution in [2.75, 3.05) is 32.6 Å². The summed E-state index contributed by atoms with van der Waals surface area (Å²) in [5.41, 5.74) is 1.01. The summed E-state index contributed by atoms with van der Waals surface area (Å²) < 4.78 is 37.5. The molecule has 1 heterocycles. The topological polar surface area (TPSA) is 97.8 Å². The van der Waals surface area contributed by atoms with Crippen LogP contribution < -0.4 is 14.8 Å². The number of hydrogen-bond donors (Lipinski definition) is 1. The number of aromatic nitrogens is 1. The average Bonchev–Trinajstić information content (AvgIpc) is 3.10. The maximum absolute atomic E-state index is 12.7. The van der Waals surface area contributed by atoms with Crippen LogP contribution in [-0.2, 0) is 10.0 Å². The molecular weight excluding hydrogens is 426 g/mol. The highest BCUT2D eigenvalue weighted by Gasteiger charge is 2.19. The van der Waals surface area contributed by atoms with E-state index in [9.17, 15) is 13.2 Å². The Balaban J connectivity index is 1.85. The highest BCUT2D eigenvalue weighted by atomic mass is 32.2. The summed E-state index contributed by atoms with van der Waals surface area (Å²) in [5, 5.41) is 3.14. The average molecular weight is 450 g/mol. The van der Waals surface area contributed by atoms with Gasteiger partial charge in [0, 0.05) is 19.7 Å². The summed E-state index contributed by atoms with van der Waals surface area (Å²) in [6, 6.07) is 9.66. The lowest BCUT2D eigenvalue weighted by molar-refractivity contribution is 0.102. The summed E-state index contributed by atoms with van der Waals surface area (Å²) in [6.45, 7) is 4.66. The third-order valence-electron chi connectivity index (χ3n) is 4.16. The number of thiazole rings is 1. The number of rotatable bonds is 8. The molecule has 30 heavy (non-hydrogen) atoms. The lowest BCUT2D eigenvalue weighted by atomic mass is 10.2. The van der Waals surface area contributed by atoms with Gasteiger partial charge in [-0.2, -0.15) is 0 Å². The Kier molecular flexibility index (Phi) is 6.59. The lowest BCUT2D eigenvalue weighted by Gasteiger charge is -2.12. The van der Waals surface area contributed by atoms with Crippen LogP contribution in [-0.4, -0.2) is 50.9 Å². The van der Waals surface area contributed by atoms with Crippen molar-refractivity contribution in [2.45, 2.75) is 18.7 Å². The number of amides is 1. The highest BCUT2D eigenvalue weighted by Crippen LogP contribution is 2.31. The number of sulfonamides is 1. The normalized spacial score (nSPS) is 11.6. The van der Waals surface area contributed by atoms with Gasteiger partial charge in [-0.1, -0.05) is 11.3 Å². The van der Waals surface area contributed by atoms with Crippen LogP contribution in [0.3, 0.4) is 0 Å². The zero-order valence-electron chi connectivity index (χ0n) is 17.1. The van der Waals surface area contributed by atoms with E-state index in [4.69, 9.17) is 9.47 Å². The molecule has 3 rings (SSSR count). The van der Waals surface area contributed by atoms with Crippen molar-refractivity contribution in [1.82, 2.24) is 9.29 Å². The maximum Gasteiger partial charge on any atom is 0.257 e. The first kappa shape index (κ1) is 22.0. The van der Waals surface area contributed by atoms with Gasteiger partial charge < -0.3 is 9.47 Å². The molecule has 1 amide bonds. The van der Waals surface area contributed by atoms with E-state index < -0.39 is 10.0 Å². The standard InChI is InChI=1S/C20H23N3O5S2/c1-5-27-16-10-7-13(11-17(16)28-6-2)19(24)22-20-21-15-9-8-14(12-18(15)29-20)30(25,26)23(3)4/h7-12H,5-6H2,1-4H3,(H,21,22,24). The highest BCUT2D eigenvalue weighted by molar-refractivity contribution is 7.89. The van der Waals surface area contributed by atoms with Gasteiger partial charge in [0.25, 0.3) is 5.91 Å². The van der Waals surface area contributed by atoms with Gasteiger partial charge in [0.05, 0.1) is 28.3 Å². The summed E-state index contributed by atoms with van der Waals surface area (Å²) in [7, 11) is -0.590. The molecule has 0 radical (unpaired) electrons. The van der Waals surface area contributed by atoms with E-state index in [2.05, 4.69) is 10.3 Å². The molecule has 0 aliphatic heterocycles. The molecule has 160 valence electrons. The minimum absolute atomic E-state index is 0.175. The first-order valence-electron chi connectivity index (χ1n) is 9.30. The number of nitrogens with zero attached hydrogens (tertiary/aromatic N) is 2. The molecule has 0 aliphatic carbocycles.